The van der Waals surface area contributed by atoms with Gasteiger partial charge < -0.3 is 9.84 Å². The zero-order valence-electron chi connectivity index (χ0n) is 11.4. The highest BCUT2D eigenvalue weighted by Gasteiger charge is 2.13. The Morgan fingerprint density at radius 2 is 2.21 bits per heavy atom. The number of hydrogen-bond acceptors (Lipinski definition) is 4. The van der Waals surface area contributed by atoms with Gasteiger partial charge in [0, 0.05) is 22.5 Å². The smallest absolute Gasteiger partial charge is 0.228 e. The third-order valence-electron chi connectivity index (χ3n) is 3.22. The molecule has 0 aliphatic carbocycles. The van der Waals surface area contributed by atoms with Gasteiger partial charge in [-0.1, -0.05) is 40.1 Å². The molecule has 0 fully saturated rings. The molecular weight excluding hydrogens is 306 g/mol. The van der Waals surface area contributed by atoms with Gasteiger partial charge >= 0.3 is 0 Å². The third kappa shape index (κ3) is 3.42. The maximum absolute atomic E-state index is 5.31. The van der Waals surface area contributed by atoms with Crippen molar-refractivity contribution in [1.29, 1.82) is 0 Å². The Kier molecular flexibility index (Phi) is 4.71. The number of aryl methyl sites for hydroxylation is 1. The lowest BCUT2D eigenvalue weighted by Gasteiger charge is -2.09. The van der Waals surface area contributed by atoms with Crippen LogP contribution in [0.4, 0.5) is 0 Å². The lowest BCUT2D eigenvalue weighted by molar-refractivity contribution is 0.359. The molecule has 0 saturated carbocycles. The summed E-state index contributed by atoms with van der Waals surface area (Å²) >= 11 is 3.52. The summed E-state index contributed by atoms with van der Waals surface area (Å²) in [6.45, 7) is 4.18. The molecule has 0 amide bonds. The molecule has 2 rings (SSSR count). The van der Waals surface area contributed by atoms with Crippen LogP contribution in [0.3, 0.4) is 0 Å². The number of hydrogen-bond donors (Lipinski definition) is 1. The molecular formula is C14H18BrN3O. The van der Waals surface area contributed by atoms with Crippen molar-refractivity contribution in [1.82, 2.24) is 15.5 Å². The highest BCUT2D eigenvalue weighted by atomic mass is 79.9. The second-order valence-electron chi connectivity index (χ2n) is 4.57. The molecule has 102 valence electrons. The van der Waals surface area contributed by atoms with Gasteiger partial charge in [0.2, 0.25) is 11.7 Å². The van der Waals surface area contributed by atoms with Crippen molar-refractivity contribution in [3.8, 4) is 11.4 Å². The lowest BCUT2D eigenvalue weighted by atomic mass is 10.1. The zero-order valence-corrected chi connectivity index (χ0v) is 13.0. The molecule has 0 radical (unpaired) electrons. The van der Waals surface area contributed by atoms with Crippen LogP contribution in [0.1, 0.15) is 24.8 Å². The lowest BCUT2D eigenvalue weighted by Crippen LogP contribution is -2.26. The summed E-state index contributed by atoms with van der Waals surface area (Å²) < 4.78 is 6.36. The molecule has 0 saturated heterocycles. The second kappa shape index (κ2) is 6.30. The number of nitrogens with one attached hydrogen (secondary N) is 1. The van der Waals surface area contributed by atoms with Crippen LogP contribution in [0.2, 0.25) is 0 Å². The Morgan fingerprint density at radius 1 is 1.42 bits per heavy atom. The van der Waals surface area contributed by atoms with Crippen molar-refractivity contribution in [2.75, 3.05) is 7.05 Å². The molecule has 19 heavy (non-hydrogen) atoms. The number of halogens is 1. The van der Waals surface area contributed by atoms with Crippen molar-refractivity contribution in [2.45, 2.75) is 32.7 Å². The predicted octanol–water partition coefficient (Wildman–Crippen LogP) is 3.35. The highest BCUT2D eigenvalue weighted by molar-refractivity contribution is 9.10. The van der Waals surface area contributed by atoms with Crippen LogP contribution in [0.5, 0.6) is 0 Å². The molecule has 2 aromatic rings. The van der Waals surface area contributed by atoms with Gasteiger partial charge in [-0.2, -0.15) is 4.98 Å². The molecule has 0 aliphatic rings. The van der Waals surface area contributed by atoms with Gasteiger partial charge in [-0.25, -0.2) is 0 Å². The van der Waals surface area contributed by atoms with Crippen molar-refractivity contribution >= 4 is 15.9 Å². The van der Waals surface area contributed by atoms with Gasteiger partial charge in [0.25, 0.3) is 0 Å². The first-order valence-electron chi connectivity index (χ1n) is 6.40. The summed E-state index contributed by atoms with van der Waals surface area (Å²) in [4.78, 5) is 4.45. The minimum Gasteiger partial charge on any atom is -0.339 e. The van der Waals surface area contributed by atoms with E-state index in [4.69, 9.17) is 4.52 Å². The van der Waals surface area contributed by atoms with E-state index >= 15 is 0 Å². The molecule has 1 aromatic heterocycles. The van der Waals surface area contributed by atoms with E-state index in [0.29, 0.717) is 17.8 Å². The van der Waals surface area contributed by atoms with Gasteiger partial charge in [-0.05, 0) is 32.0 Å². The summed E-state index contributed by atoms with van der Waals surface area (Å²) in [5, 5.41) is 7.27. The monoisotopic (exact) mass is 323 g/mol. The zero-order chi connectivity index (χ0) is 13.8. The van der Waals surface area contributed by atoms with Gasteiger partial charge in [-0.15, -0.1) is 0 Å². The summed E-state index contributed by atoms with van der Waals surface area (Å²) in [6, 6.07) is 6.43. The van der Waals surface area contributed by atoms with Crippen LogP contribution in [0, 0.1) is 6.92 Å². The minimum atomic E-state index is 0.373. The van der Waals surface area contributed by atoms with Gasteiger partial charge in [0.05, 0.1) is 0 Å². The number of rotatable bonds is 5. The fourth-order valence-corrected chi connectivity index (χ4v) is 2.23. The van der Waals surface area contributed by atoms with E-state index in [1.165, 1.54) is 5.56 Å². The van der Waals surface area contributed by atoms with E-state index in [0.717, 1.165) is 22.9 Å². The molecule has 0 bridgehead atoms. The maximum atomic E-state index is 5.31. The molecule has 4 nitrogen and oxygen atoms in total. The summed E-state index contributed by atoms with van der Waals surface area (Å²) in [6.07, 6.45) is 1.79. The van der Waals surface area contributed by atoms with Crippen molar-refractivity contribution in [3.63, 3.8) is 0 Å². The quantitative estimate of drug-likeness (QED) is 0.916. The Labute approximate surface area is 121 Å². The Balaban J connectivity index is 2.18. The van der Waals surface area contributed by atoms with Gasteiger partial charge in [-0.3, -0.25) is 0 Å². The minimum absolute atomic E-state index is 0.373. The molecule has 1 heterocycles. The molecule has 0 aliphatic heterocycles. The molecule has 0 spiro atoms. The fraction of sp³-hybridized carbons (Fsp3) is 0.429. The first-order chi connectivity index (χ1) is 9.13. The Bertz CT molecular complexity index is 549. The molecule has 5 heteroatoms. The van der Waals surface area contributed by atoms with Crippen LogP contribution < -0.4 is 5.32 Å². The molecule has 1 N–H and O–H groups in total. The summed E-state index contributed by atoms with van der Waals surface area (Å²) in [5.74, 6) is 1.31. The van der Waals surface area contributed by atoms with Crippen molar-refractivity contribution < 1.29 is 4.52 Å². The van der Waals surface area contributed by atoms with E-state index in [2.05, 4.69) is 38.3 Å². The number of likely N-dealkylation sites (N-methyl/N-ethyl adjacent to an activating group) is 1. The fourth-order valence-electron chi connectivity index (χ4n) is 1.85. The van der Waals surface area contributed by atoms with Gasteiger partial charge in [0.15, 0.2) is 0 Å². The first kappa shape index (κ1) is 14.2. The van der Waals surface area contributed by atoms with E-state index in [1.807, 2.05) is 32.2 Å². The highest BCUT2D eigenvalue weighted by Crippen LogP contribution is 2.23. The van der Waals surface area contributed by atoms with E-state index in [-0.39, 0.29) is 0 Å². The largest absolute Gasteiger partial charge is 0.339 e. The van der Waals surface area contributed by atoms with Crippen LogP contribution in [0.25, 0.3) is 11.4 Å². The third-order valence-corrected chi connectivity index (χ3v) is 4.07. The van der Waals surface area contributed by atoms with Crippen LogP contribution in [0.15, 0.2) is 27.2 Å². The van der Waals surface area contributed by atoms with Crippen LogP contribution in [-0.4, -0.2) is 23.2 Å². The Hall–Kier alpha value is -1.20. The second-order valence-corrected chi connectivity index (χ2v) is 5.43. The molecule has 1 atom stereocenters. The number of aromatic nitrogens is 2. The molecule has 1 aromatic carbocycles. The average molecular weight is 324 g/mol. The molecule has 1 unspecified atom stereocenters. The average Bonchev–Trinajstić information content (AvgIpc) is 2.87. The van der Waals surface area contributed by atoms with Crippen molar-refractivity contribution in [3.05, 3.63) is 34.1 Å². The normalized spacial score (nSPS) is 12.6. The number of benzene rings is 1. The number of nitrogens with zero attached hydrogens (tertiary/aromatic N) is 2. The topological polar surface area (TPSA) is 51.0 Å². The van der Waals surface area contributed by atoms with E-state index in [1.54, 1.807) is 0 Å². The van der Waals surface area contributed by atoms with E-state index in [9.17, 15) is 0 Å². The van der Waals surface area contributed by atoms with Crippen LogP contribution in [-0.2, 0) is 6.42 Å². The van der Waals surface area contributed by atoms with Crippen molar-refractivity contribution in [2.24, 2.45) is 0 Å². The van der Waals surface area contributed by atoms with E-state index < -0.39 is 0 Å². The summed E-state index contributed by atoms with van der Waals surface area (Å²) in [5.41, 5.74) is 2.15. The maximum Gasteiger partial charge on any atom is 0.228 e. The van der Waals surface area contributed by atoms with Crippen LogP contribution >= 0.6 is 15.9 Å². The van der Waals surface area contributed by atoms with Gasteiger partial charge in [0.1, 0.15) is 0 Å². The SMILES string of the molecule is CCC(Cc1nc(-c2ccc(C)c(Br)c2)no1)NC. The Morgan fingerprint density at radius 3 is 2.84 bits per heavy atom. The predicted molar refractivity (Wildman–Crippen MR) is 79.0 cm³/mol. The summed E-state index contributed by atoms with van der Waals surface area (Å²) in [7, 11) is 1.95. The first-order valence-corrected chi connectivity index (χ1v) is 7.19. The standard InChI is InChI=1S/C14H18BrN3O/c1-4-11(16-3)8-13-17-14(18-19-13)10-6-5-9(2)12(15)7-10/h5-7,11,16H,4,8H2,1-3H3.